The molecule has 0 amide bonds. The molecular weight excluding hydrogens is 254 g/mol. The van der Waals surface area contributed by atoms with Crippen molar-refractivity contribution in [2.24, 2.45) is 5.73 Å². The fourth-order valence-corrected chi connectivity index (χ4v) is 2.71. The lowest BCUT2D eigenvalue weighted by Gasteiger charge is -2.01. The van der Waals surface area contributed by atoms with Gasteiger partial charge in [-0.15, -0.1) is 10.2 Å². The number of aryl methyl sites for hydroxylation is 2. The lowest BCUT2D eigenvalue weighted by atomic mass is 10.1. The number of halogens is 1. The lowest BCUT2D eigenvalue weighted by Crippen LogP contribution is -1.99. The Hall–Kier alpha value is -0.970. The van der Waals surface area contributed by atoms with Gasteiger partial charge in [-0.2, -0.15) is 0 Å². The summed E-state index contributed by atoms with van der Waals surface area (Å²) >= 11 is 7.85. The van der Waals surface area contributed by atoms with Crippen molar-refractivity contribution in [1.29, 1.82) is 0 Å². The summed E-state index contributed by atoms with van der Waals surface area (Å²) in [5.41, 5.74) is 7.49. The maximum atomic E-state index is 6.26. The molecule has 0 unspecified atom stereocenters. The maximum absolute atomic E-state index is 6.26. The summed E-state index contributed by atoms with van der Waals surface area (Å²) < 4.78 is 0. The third-order valence-electron chi connectivity index (χ3n) is 2.48. The van der Waals surface area contributed by atoms with Crippen molar-refractivity contribution in [2.45, 2.75) is 19.8 Å². The van der Waals surface area contributed by atoms with Gasteiger partial charge in [0, 0.05) is 12.0 Å². The van der Waals surface area contributed by atoms with Gasteiger partial charge in [0.05, 0.1) is 5.02 Å². The minimum atomic E-state index is 0.681. The molecule has 2 aromatic rings. The Morgan fingerprint density at radius 1 is 1.35 bits per heavy atom. The molecule has 2 N–H and O–H groups in total. The van der Waals surface area contributed by atoms with Gasteiger partial charge in [0.1, 0.15) is 10.0 Å². The molecule has 0 aliphatic rings. The number of hydrogen-bond acceptors (Lipinski definition) is 4. The van der Waals surface area contributed by atoms with Crippen molar-refractivity contribution in [1.82, 2.24) is 10.2 Å². The predicted octanol–water partition coefficient (Wildman–Crippen LogP) is 3.06. The smallest absolute Gasteiger partial charge is 0.149 e. The molecule has 1 heterocycles. The summed E-state index contributed by atoms with van der Waals surface area (Å²) in [7, 11) is 0. The van der Waals surface area contributed by atoms with Crippen molar-refractivity contribution >= 4 is 22.9 Å². The molecular formula is C12H14ClN3S. The van der Waals surface area contributed by atoms with Crippen LogP contribution in [0.3, 0.4) is 0 Å². The topological polar surface area (TPSA) is 51.8 Å². The van der Waals surface area contributed by atoms with E-state index in [1.165, 1.54) is 0 Å². The van der Waals surface area contributed by atoms with Gasteiger partial charge in [-0.05, 0) is 25.5 Å². The van der Waals surface area contributed by atoms with E-state index in [0.29, 0.717) is 6.54 Å². The van der Waals surface area contributed by atoms with Gasteiger partial charge in [0.25, 0.3) is 0 Å². The van der Waals surface area contributed by atoms with Crippen LogP contribution < -0.4 is 5.73 Å². The molecule has 17 heavy (non-hydrogen) atoms. The highest BCUT2D eigenvalue weighted by Gasteiger charge is 2.10. The van der Waals surface area contributed by atoms with Crippen molar-refractivity contribution in [3.8, 4) is 10.6 Å². The lowest BCUT2D eigenvalue weighted by molar-refractivity contribution is 0.812. The van der Waals surface area contributed by atoms with E-state index >= 15 is 0 Å². The molecule has 1 aromatic carbocycles. The second kappa shape index (κ2) is 5.58. The van der Waals surface area contributed by atoms with Gasteiger partial charge in [-0.1, -0.05) is 41.1 Å². The molecule has 0 aliphatic carbocycles. The molecule has 5 heteroatoms. The van der Waals surface area contributed by atoms with Crippen LogP contribution in [-0.2, 0) is 6.42 Å². The molecule has 0 saturated heterocycles. The summed E-state index contributed by atoms with van der Waals surface area (Å²) in [6, 6.07) is 5.95. The van der Waals surface area contributed by atoms with E-state index < -0.39 is 0 Å². The Kier molecular flexibility index (Phi) is 4.10. The standard InChI is InChI=1S/C12H14ClN3S/c1-8-4-2-5-9(11(8)13)12-16-15-10(17-12)6-3-7-14/h2,4-5H,3,6-7,14H2,1H3. The van der Waals surface area contributed by atoms with Gasteiger partial charge in [0.2, 0.25) is 0 Å². The Labute approximate surface area is 110 Å². The molecule has 0 spiro atoms. The van der Waals surface area contributed by atoms with Crippen molar-refractivity contribution in [3.05, 3.63) is 33.8 Å². The highest BCUT2D eigenvalue weighted by atomic mass is 35.5. The van der Waals surface area contributed by atoms with E-state index in [1.54, 1.807) is 11.3 Å². The second-order valence-electron chi connectivity index (χ2n) is 3.83. The zero-order chi connectivity index (χ0) is 12.3. The normalized spacial score (nSPS) is 10.8. The Morgan fingerprint density at radius 2 is 2.18 bits per heavy atom. The molecule has 1 aromatic heterocycles. The largest absolute Gasteiger partial charge is 0.330 e. The number of nitrogens with zero attached hydrogens (tertiary/aromatic N) is 2. The molecule has 0 saturated carbocycles. The van der Waals surface area contributed by atoms with Gasteiger partial charge < -0.3 is 5.73 Å². The van der Waals surface area contributed by atoms with Crippen LogP contribution in [0.5, 0.6) is 0 Å². The summed E-state index contributed by atoms with van der Waals surface area (Å²) in [6.45, 7) is 2.67. The number of nitrogens with two attached hydrogens (primary N) is 1. The number of rotatable bonds is 4. The fraction of sp³-hybridized carbons (Fsp3) is 0.333. The Balaban J connectivity index is 2.27. The summed E-state index contributed by atoms with van der Waals surface area (Å²) in [6.07, 6.45) is 1.83. The van der Waals surface area contributed by atoms with Crippen molar-refractivity contribution < 1.29 is 0 Å². The van der Waals surface area contributed by atoms with E-state index in [0.717, 1.165) is 39.0 Å². The first-order valence-corrected chi connectivity index (χ1v) is 6.69. The van der Waals surface area contributed by atoms with Crippen LogP contribution in [-0.4, -0.2) is 16.7 Å². The summed E-state index contributed by atoms with van der Waals surface area (Å²) in [4.78, 5) is 0. The molecule has 0 fully saturated rings. The first-order chi connectivity index (χ1) is 8.22. The third kappa shape index (κ3) is 2.83. The summed E-state index contributed by atoms with van der Waals surface area (Å²) in [5.74, 6) is 0. The fourth-order valence-electron chi connectivity index (χ4n) is 1.53. The van der Waals surface area contributed by atoms with E-state index in [4.69, 9.17) is 17.3 Å². The van der Waals surface area contributed by atoms with E-state index in [2.05, 4.69) is 10.2 Å². The highest BCUT2D eigenvalue weighted by molar-refractivity contribution is 7.14. The zero-order valence-corrected chi connectivity index (χ0v) is 11.2. The first-order valence-electron chi connectivity index (χ1n) is 5.50. The highest BCUT2D eigenvalue weighted by Crippen LogP contribution is 2.32. The molecule has 0 aliphatic heterocycles. The van der Waals surface area contributed by atoms with E-state index in [-0.39, 0.29) is 0 Å². The number of benzene rings is 1. The van der Waals surface area contributed by atoms with Crippen LogP contribution >= 0.6 is 22.9 Å². The maximum Gasteiger partial charge on any atom is 0.149 e. The van der Waals surface area contributed by atoms with Crippen LogP contribution in [0, 0.1) is 6.92 Å². The monoisotopic (exact) mass is 267 g/mol. The number of aromatic nitrogens is 2. The second-order valence-corrected chi connectivity index (χ2v) is 5.27. The van der Waals surface area contributed by atoms with Crippen LogP contribution in [0.15, 0.2) is 18.2 Å². The Morgan fingerprint density at radius 3 is 2.94 bits per heavy atom. The van der Waals surface area contributed by atoms with Gasteiger partial charge in [0.15, 0.2) is 0 Å². The minimum Gasteiger partial charge on any atom is -0.330 e. The van der Waals surface area contributed by atoms with Crippen molar-refractivity contribution in [3.63, 3.8) is 0 Å². The van der Waals surface area contributed by atoms with Gasteiger partial charge in [-0.25, -0.2) is 0 Å². The number of hydrogen-bond donors (Lipinski definition) is 1. The Bertz CT molecular complexity index is 510. The molecule has 0 atom stereocenters. The molecule has 0 bridgehead atoms. The molecule has 3 nitrogen and oxygen atoms in total. The van der Waals surface area contributed by atoms with Crippen LogP contribution in [0.4, 0.5) is 0 Å². The van der Waals surface area contributed by atoms with Gasteiger partial charge >= 0.3 is 0 Å². The zero-order valence-electron chi connectivity index (χ0n) is 9.61. The van der Waals surface area contributed by atoms with Crippen LogP contribution in [0.1, 0.15) is 17.0 Å². The first kappa shape index (κ1) is 12.5. The van der Waals surface area contributed by atoms with Gasteiger partial charge in [-0.3, -0.25) is 0 Å². The molecule has 2 rings (SSSR count). The van der Waals surface area contributed by atoms with Crippen LogP contribution in [0.2, 0.25) is 5.02 Å². The molecule has 0 radical (unpaired) electrons. The predicted molar refractivity (Wildman–Crippen MR) is 72.5 cm³/mol. The average Bonchev–Trinajstić information content (AvgIpc) is 2.78. The summed E-state index contributed by atoms with van der Waals surface area (Å²) in [5, 5.41) is 11.0. The van der Waals surface area contributed by atoms with E-state index in [1.807, 2.05) is 25.1 Å². The SMILES string of the molecule is Cc1cccc(-c2nnc(CCCN)s2)c1Cl. The van der Waals surface area contributed by atoms with Crippen molar-refractivity contribution in [2.75, 3.05) is 6.54 Å². The molecule has 90 valence electrons. The third-order valence-corrected chi connectivity index (χ3v) is 4.00. The van der Waals surface area contributed by atoms with E-state index in [9.17, 15) is 0 Å². The minimum absolute atomic E-state index is 0.681. The van der Waals surface area contributed by atoms with Crippen LogP contribution in [0.25, 0.3) is 10.6 Å². The average molecular weight is 268 g/mol. The quantitative estimate of drug-likeness (QED) is 0.926.